The molecule has 0 aliphatic carbocycles. The molecule has 72 valence electrons. The van der Waals surface area contributed by atoms with E-state index in [0.29, 0.717) is 6.42 Å². The number of rotatable bonds is 5. The van der Waals surface area contributed by atoms with Gasteiger partial charge >= 0.3 is 0 Å². The van der Waals surface area contributed by atoms with Gasteiger partial charge in [-0.1, -0.05) is 27.2 Å². The van der Waals surface area contributed by atoms with Gasteiger partial charge < -0.3 is 0 Å². The molecule has 0 saturated carbocycles. The highest BCUT2D eigenvalue weighted by atomic mass is 16.2. The third-order valence-corrected chi connectivity index (χ3v) is 1.98. The van der Waals surface area contributed by atoms with Gasteiger partial charge in [0.15, 0.2) is 0 Å². The van der Waals surface area contributed by atoms with Crippen LogP contribution in [0.25, 0.3) is 0 Å². The molecule has 0 atom stereocenters. The standard InChI is InChI=1S/C10H15NO2/c1-4-6-10(2,3)9(13)8(12)5-7-11/h4-6H2,1-3H3. The molecule has 0 radical (unpaired) electrons. The van der Waals surface area contributed by atoms with Crippen LogP contribution in [0, 0.1) is 16.7 Å². The minimum absolute atomic E-state index is 0.300. The van der Waals surface area contributed by atoms with E-state index in [4.69, 9.17) is 5.26 Å². The van der Waals surface area contributed by atoms with Crippen LogP contribution in [-0.2, 0) is 9.59 Å². The summed E-state index contributed by atoms with van der Waals surface area (Å²) >= 11 is 0. The van der Waals surface area contributed by atoms with E-state index in [1.165, 1.54) is 0 Å². The van der Waals surface area contributed by atoms with E-state index in [1.807, 2.05) is 6.92 Å². The first-order valence-electron chi connectivity index (χ1n) is 4.40. The highest BCUT2D eigenvalue weighted by Crippen LogP contribution is 2.24. The van der Waals surface area contributed by atoms with Crippen LogP contribution in [0.5, 0.6) is 0 Å². The zero-order chi connectivity index (χ0) is 10.5. The molecule has 0 N–H and O–H groups in total. The number of Topliss-reactive ketones (excluding diaryl/α,β-unsaturated/α-hetero) is 2. The molecule has 3 nitrogen and oxygen atoms in total. The number of hydrogen-bond acceptors (Lipinski definition) is 3. The Morgan fingerprint density at radius 1 is 1.38 bits per heavy atom. The van der Waals surface area contributed by atoms with Crippen molar-refractivity contribution in [2.75, 3.05) is 0 Å². The minimum Gasteiger partial charge on any atom is -0.290 e. The molecule has 0 aromatic rings. The lowest BCUT2D eigenvalue weighted by molar-refractivity contribution is -0.141. The van der Waals surface area contributed by atoms with E-state index in [2.05, 4.69) is 0 Å². The SMILES string of the molecule is CCCC(C)(C)C(=O)C(=O)CC#N. The van der Waals surface area contributed by atoms with Crippen LogP contribution < -0.4 is 0 Å². The topological polar surface area (TPSA) is 57.9 Å². The predicted molar refractivity (Wildman–Crippen MR) is 48.9 cm³/mol. The van der Waals surface area contributed by atoms with Crippen LogP contribution in [-0.4, -0.2) is 11.6 Å². The fourth-order valence-electron chi connectivity index (χ4n) is 1.27. The molecule has 0 heterocycles. The summed E-state index contributed by atoms with van der Waals surface area (Å²) in [5.41, 5.74) is -0.608. The Bertz CT molecular complexity index is 248. The Balaban J connectivity index is 4.41. The Morgan fingerprint density at radius 2 is 1.92 bits per heavy atom. The summed E-state index contributed by atoms with van der Waals surface area (Å²) in [5.74, 6) is -0.989. The molecule has 0 aromatic heterocycles. The molecule has 0 amide bonds. The average Bonchev–Trinajstić information content (AvgIpc) is 2.03. The van der Waals surface area contributed by atoms with E-state index in [1.54, 1.807) is 19.9 Å². The second kappa shape index (κ2) is 4.76. The summed E-state index contributed by atoms with van der Waals surface area (Å²) in [5, 5.41) is 8.26. The molecule has 0 spiro atoms. The number of nitriles is 1. The summed E-state index contributed by atoms with van der Waals surface area (Å²) in [4.78, 5) is 22.5. The van der Waals surface area contributed by atoms with E-state index < -0.39 is 17.0 Å². The van der Waals surface area contributed by atoms with E-state index >= 15 is 0 Å². The van der Waals surface area contributed by atoms with Crippen LogP contribution in [0.3, 0.4) is 0 Å². The molecule has 0 aliphatic heterocycles. The van der Waals surface area contributed by atoms with Crippen molar-refractivity contribution in [1.82, 2.24) is 0 Å². The molecule has 0 bridgehead atoms. The minimum atomic E-state index is -0.608. The predicted octanol–water partition coefficient (Wildman–Crippen LogP) is 1.86. The Kier molecular flexibility index (Phi) is 4.33. The zero-order valence-electron chi connectivity index (χ0n) is 8.39. The highest BCUT2D eigenvalue weighted by Gasteiger charge is 2.31. The van der Waals surface area contributed by atoms with E-state index in [0.717, 1.165) is 6.42 Å². The van der Waals surface area contributed by atoms with Crippen molar-refractivity contribution in [1.29, 1.82) is 5.26 Å². The Labute approximate surface area is 78.7 Å². The molecule has 0 unspecified atom stereocenters. The maximum atomic E-state index is 11.4. The van der Waals surface area contributed by atoms with Gasteiger partial charge in [-0.05, 0) is 6.42 Å². The highest BCUT2D eigenvalue weighted by molar-refractivity contribution is 6.39. The molecular formula is C10H15NO2. The fourth-order valence-corrected chi connectivity index (χ4v) is 1.27. The van der Waals surface area contributed by atoms with Crippen molar-refractivity contribution in [2.45, 2.75) is 40.0 Å². The van der Waals surface area contributed by atoms with Crippen molar-refractivity contribution in [3.63, 3.8) is 0 Å². The van der Waals surface area contributed by atoms with Crippen LogP contribution in [0.4, 0.5) is 0 Å². The third kappa shape index (κ3) is 3.37. The normalized spacial score (nSPS) is 10.6. The van der Waals surface area contributed by atoms with Crippen molar-refractivity contribution in [3.8, 4) is 6.07 Å². The molecule has 3 heteroatoms. The van der Waals surface area contributed by atoms with Gasteiger partial charge in [0.2, 0.25) is 11.6 Å². The van der Waals surface area contributed by atoms with E-state index in [9.17, 15) is 9.59 Å². The Morgan fingerprint density at radius 3 is 2.31 bits per heavy atom. The fraction of sp³-hybridized carbons (Fsp3) is 0.700. The zero-order valence-corrected chi connectivity index (χ0v) is 8.39. The molecule has 0 saturated heterocycles. The quantitative estimate of drug-likeness (QED) is 0.608. The second-order valence-electron chi connectivity index (χ2n) is 3.72. The molecule has 0 aromatic carbocycles. The largest absolute Gasteiger partial charge is 0.290 e. The van der Waals surface area contributed by atoms with Gasteiger partial charge in [-0.3, -0.25) is 9.59 Å². The van der Waals surface area contributed by atoms with Gasteiger partial charge in [-0.15, -0.1) is 0 Å². The van der Waals surface area contributed by atoms with Crippen LogP contribution >= 0.6 is 0 Å². The molecule has 0 rings (SSSR count). The lowest BCUT2D eigenvalue weighted by Gasteiger charge is -2.20. The first-order chi connectivity index (χ1) is 5.95. The van der Waals surface area contributed by atoms with Gasteiger partial charge in [-0.25, -0.2) is 0 Å². The number of ketones is 2. The number of carbonyl (C=O) groups is 2. The van der Waals surface area contributed by atoms with E-state index in [-0.39, 0.29) is 6.42 Å². The smallest absolute Gasteiger partial charge is 0.212 e. The first kappa shape index (κ1) is 11.8. The summed E-state index contributed by atoms with van der Waals surface area (Å²) in [6.07, 6.45) is 1.24. The number of carbonyl (C=O) groups excluding carboxylic acids is 2. The van der Waals surface area contributed by atoms with Gasteiger partial charge in [0.1, 0.15) is 6.42 Å². The van der Waals surface area contributed by atoms with Crippen molar-refractivity contribution in [2.24, 2.45) is 5.41 Å². The van der Waals surface area contributed by atoms with Crippen LogP contribution in [0.1, 0.15) is 40.0 Å². The number of hydrogen-bond donors (Lipinski definition) is 0. The van der Waals surface area contributed by atoms with Gasteiger partial charge in [0.25, 0.3) is 0 Å². The van der Waals surface area contributed by atoms with Gasteiger partial charge in [0.05, 0.1) is 6.07 Å². The maximum absolute atomic E-state index is 11.4. The lowest BCUT2D eigenvalue weighted by Crippen LogP contribution is -2.30. The van der Waals surface area contributed by atoms with Crippen molar-refractivity contribution < 1.29 is 9.59 Å². The third-order valence-electron chi connectivity index (χ3n) is 1.98. The second-order valence-corrected chi connectivity index (χ2v) is 3.72. The van der Waals surface area contributed by atoms with Crippen molar-refractivity contribution in [3.05, 3.63) is 0 Å². The summed E-state index contributed by atoms with van der Waals surface area (Å²) in [7, 11) is 0. The summed E-state index contributed by atoms with van der Waals surface area (Å²) in [6, 6.07) is 1.69. The monoisotopic (exact) mass is 181 g/mol. The molecule has 13 heavy (non-hydrogen) atoms. The van der Waals surface area contributed by atoms with Crippen LogP contribution in [0.2, 0.25) is 0 Å². The Hall–Kier alpha value is -1.17. The van der Waals surface area contributed by atoms with Gasteiger partial charge in [-0.2, -0.15) is 5.26 Å². The summed E-state index contributed by atoms with van der Waals surface area (Å²) < 4.78 is 0. The van der Waals surface area contributed by atoms with Crippen molar-refractivity contribution >= 4 is 11.6 Å². The maximum Gasteiger partial charge on any atom is 0.212 e. The van der Waals surface area contributed by atoms with Crippen LogP contribution in [0.15, 0.2) is 0 Å². The first-order valence-corrected chi connectivity index (χ1v) is 4.40. The molecular weight excluding hydrogens is 166 g/mol. The lowest BCUT2D eigenvalue weighted by atomic mass is 9.81. The average molecular weight is 181 g/mol. The summed E-state index contributed by atoms with van der Waals surface area (Å²) in [6.45, 7) is 5.45. The molecule has 0 fully saturated rings. The molecule has 0 aliphatic rings. The van der Waals surface area contributed by atoms with Gasteiger partial charge in [0, 0.05) is 5.41 Å². The number of nitrogens with zero attached hydrogens (tertiary/aromatic N) is 1.